The van der Waals surface area contributed by atoms with Crippen LogP contribution in [0.15, 0.2) is 17.4 Å². The van der Waals surface area contributed by atoms with Gasteiger partial charge in [-0.15, -0.1) is 0 Å². The first-order valence-electron chi connectivity index (χ1n) is 1.91. The number of ether oxygens (including phenoxy) is 1. The fraction of sp³-hybridized carbons (Fsp3) is 0.250. The summed E-state index contributed by atoms with van der Waals surface area (Å²) < 4.78 is 4.63. The van der Waals surface area contributed by atoms with Gasteiger partial charge in [0.05, 0.1) is 19.5 Å². The van der Waals surface area contributed by atoms with Crippen LogP contribution in [-0.4, -0.2) is 13.1 Å². The van der Waals surface area contributed by atoms with E-state index in [-0.39, 0.29) is 0 Å². The molecular weight excluding hydrogens is 92.1 g/mol. The third kappa shape index (κ3) is 0.707. The number of rotatable bonds is 0. The van der Waals surface area contributed by atoms with E-state index >= 15 is 0 Å². The molecule has 37 valence electrons. The first-order chi connectivity index (χ1) is 3.43. The van der Waals surface area contributed by atoms with Crippen LogP contribution in [0.5, 0.6) is 0 Å². The maximum Gasteiger partial charge on any atom is 0.316 e. The van der Waals surface area contributed by atoms with Crippen molar-refractivity contribution in [2.45, 2.75) is 0 Å². The molecule has 0 N–H and O–H groups in total. The number of hydrogen-bond acceptors (Lipinski definition) is 2. The lowest BCUT2D eigenvalue weighted by Crippen LogP contribution is -2.07. The summed E-state index contributed by atoms with van der Waals surface area (Å²) in [7, 11) is 1.54. The van der Waals surface area contributed by atoms with Gasteiger partial charge in [0.1, 0.15) is 0 Å². The highest BCUT2D eigenvalue weighted by atomic mass is 16.5. The third-order valence-corrected chi connectivity index (χ3v) is 0.619. The van der Waals surface area contributed by atoms with Gasteiger partial charge >= 0.3 is 6.02 Å². The summed E-state index contributed by atoms with van der Waals surface area (Å²) in [5.74, 6) is 0. The Labute approximate surface area is 41.7 Å². The monoisotopic (exact) mass is 97.0 g/mol. The molecule has 0 saturated carbocycles. The second-order valence-corrected chi connectivity index (χ2v) is 1.04. The standard InChI is InChI=1S/C4H5N2O/c1-7-4-5-2-3-6-4/h2-3H,1H3. The topological polar surface area (TPSA) is 35.7 Å². The highest BCUT2D eigenvalue weighted by Crippen LogP contribution is 1.87. The Balaban J connectivity index is 2.45. The summed E-state index contributed by atoms with van der Waals surface area (Å²) in [5.41, 5.74) is 0. The van der Waals surface area contributed by atoms with E-state index in [4.69, 9.17) is 0 Å². The largest absolute Gasteiger partial charge is 0.467 e. The van der Waals surface area contributed by atoms with Crippen molar-refractivity contribution in [3.05, 3.63) is 12.4 Å². The number of aliphatic imine (C=N–C) groups is 1. The Morgan fingerprint density at radius 3 is 2.71 bits per heavy atom. The molecule has 0 amide bonds. The molecule has 3 nitrogen and oxygen atoms in total. The lowest BCUT2D eigenvalue weighted by atomic mass is 11.0. The van der Waals surface area contributed by atoms with E-state index in [9.17, 15) is 0 Å². The normalized spacial score (nSPS) is 15.9. The van der Waals surface area contributed by atoms with Crippen LogP contribution in [0.1, 0.15) is 0 Å². The Kier molecular flexibility index (Phi) is 0.978. The van der Waals surface area contributed by atoms with Gasteiger partial charge < -0.3 is 4.74 Å². The second-order valence-electron chi connectivity index (χ2n) is 1.04. The quantitative estimate of drug-likeness (QED) is 0.421. The van der Waals surface area contributed by atoms with Crippen molar-refractivity contribution in [3.63, 3.8) is 0 Å². The summed E-state index contributed by atoms with van der Waals surface area (Å²) in [6.07, 6.45) is 3.16. The molecule has 0 unspecified atom stereocenters. The van der Waals surface area contributed by atoms with Crippen molar-refractivity contribution < 1.29 is 4.74 Å². The summed E-state index contributed by atoms with van der Waals surface area (Å²) >= 11 is 0. The molecule has 1 rings (SSSR count). The highest BCUT2D eigenvalue weighted by molar-refractivity contribution is 5.76. The van der Waals surface area contributed by atoms with Gasteiger partial charge in [-0.1, -0.05) is 0 Å². The average Bonchev–Trinajstić information content (AvgIpc) is 2.14. The number of hydrogen-bond donors (Lipinski definition) is 0. The fourth-order valence-corrected chi connectivity index (χ4v) is 0.333. The lowest BCUT2D eigenvalue weighted by molar-refractivity contribution is 0.389. The van der Waals surface area contributed by atoms with Gasteiger partial charge in [0.2, 0.25) is 0 Å². The van der Waals surface area contributed by atoms with Gasteiger partial charge in [-0.3, -0.25) is 0 Å². The van der Waals surface area contributed by atoms with Crippen LogP contribution >= 0.6 is 0 Å². The number of methoxy groups -OCH3 is 1. The first kappa shape index (κ1) is 4.18. The minimum absolute atomic E-state index is 0.431. The average molecular weight is 97.1 g/mol. The van der Waals surface area contributed by atoms with E-state index in [1.54, 1.807) is 12.4 Å². The van der Waals surface area contributed by atoms with Crippen LogP contribution in [0.3, 0.4) is 0 Å². The highest BCUT2D eigenvalue weighted by Gasteiger charge is 1.96. The van der Waals surface area contributed by atoms with Crippen LogP contribution in [-0.2, 0) is 4.74 Å². The van der Waals surface area contributed by atoms with Crippen molar-refractivity contribution in [2.75, 3.05) is 7.11 Å². The molecule has 0 aromatic heterocycles. The molecular formula is C4H5N2O. The zero-order chi connectivity index (χ0) is 5.11. The molecule has 0 saturated heterocycles. The first-order valence-corrected chi connectivity index (χ1v) is 1.91. The van der Waals surface area contributed by atoms with E-state index in [1.807, 2.05) is 0 Å². The second kappa shape index (κ2) is 1.64. The van der Waals surface area contributed by atoms with Gasteiger partial charge in [0, 0.05) is 0 Å². The zero-order valence-corrected chi connectivity index (χ0v) is 3.96. The minimum Gasteiger partial charge on any atom is -0.467 e. The molecule has 0 aliphatic carbocycles. The maximum atomic E-state index is 4.63. The van der Waals surface area contributed by atoms with Crippen LogP contribution in [0, 0.1) is 0 Å². The molecule has 0 spiro atoms. The van der Waals surface area contributed by atoms with E-state index < -0.39 is 0 Å². The Hall–Kier alpha value is -0.990. The Morgan fingerprint density at radius 1 is 1.57 bits per heavy atom. The molecule has 0 fully saturated rings. The van der Waals surface area contributed by atoms with E-state index in [1.165, 1.54) is 7.11 Å². The summed E-state index contributed by atoms with van der Waals surface area (Å²) in [5, 5.41) is 3.70. The van der Waals surface area contributed by atoms with Gasteiger partial charge in [0.15, 0.2) is 0 Å². The zero-order valence-electron chi connectivity index (χ0n) is 3.96. The predicted molar refractivity (Wildman–Crippen MR) is 25.7 cm³/mol. The fourth-order valence-electron chi connectivity index (χ4n) is 0.333. The Bertz CT molecular complexity index is 117. The van der Waals surface area contributed by atoms with Crippen molar-refractivity contribution in [2.24, 2.45) is 4.99 Å². The van der Waals surface area contributed by atoms with Crippen LogP contribution in [0.2, 0.25) is 0 Å². The molecule has 1 heterocycles. The minimum atomic E-state index is 0.431. The van der Waals surface area contributed by atoms with Crippen LogP contribution in [0.25, 0.3) is 0 Å². The SMILES string of the molecule is COC1=NC=C[N]1. The van der Waals surface area contributed by atoms with E-state index in [0.29, 0.717) is 6.02 Å². The van der Waals surface area contributed by atoms with Crippen molar-refractivity contribution >= 4 is 6.02 Å². The molecule has 1 aliphatic rings. The number of amidine groups is 1. The van der Waals surface area contributed by atoms with Gasteiger partial charge in [-0.25, -0.2) is 10.3 Å². The number of nitrogens with zero attached hydrogens (tertiary/aromatic N) is 2. The summed E-state index contributed by atoms with van der Waals surface area (Å²) in [4.78, 5) is 3.70. The smallest absolute Gasteiger partial charge is 0.316 e. The van der Waals surface area contributed by atoms with E-state index in [0.717, 1.165) is 0 Å². The molecule has 1 aliphatic heterocycles. The van der Waals surface area contributed by atoms with Gasteiger partial charge in [-0.2, -0.15) is 0 Å². The molecule has 7 heavy (non-hydrogen) atoms. The molecule has 0 aromatic carbocycles. The maximum absolute atomic E-state index is 4.63. The van der Waals surface area contributed by atoms with Crippen LogP contribution in [0.4, 0.5) is 0 Å². The van der Waals surface area contributed by atoms with Gasteiger partial charge in [0.25, 0.3) is 0 Å². The lowest BCUT2D eigenvalue weighted by Gasteiger charge is -1.90. The van der Waals surface area contributed by atoms with Crippen molar-refractivity contribution in [3.8, 4) is 0 Å². The van der Waals surface area contributed by atoms with Crippen molar-refractivity contribution in [1.82, 2.24) is 5.32 Å². The molecule has 0 aromatic rings. The molecule has 0 atom stereocenters. The van der Waals surface area contributed by atoms with Crippen LogP contribution < -0.4 is 5.32 Å². The molecule has 1 radical (unpaired) electrons. The summed E-state index contributed by atoms with van der Waals surface area (Å²) in [6.45, 7) is 0. The summed E-state index contributed by atoms with van der Waals surface area (Å²) in [6, 6.07) is 0.431. The van der Waals surface area contributed by atoms with Crippen molar-refractivity contribution in [1.29, 1.82) is 0 Å². The van der Waals surface area contributed by atoms with E-state index in [2.05, 4.69) is 15.0 Å². The van der Waals surface area contributed by atoms with Gasteiger partial charge in [-0.05, 0) is 0 Å². The molecule has 0 bridgehead atoms. The molecule has 3 heteroatoms. The predicted octanol–water partition coefficient (Wildman–Crippen LogP) is 0.0780. The Morgan fingerprint density at radius 2 is 2.43 bits per heavy atom. The third-order valence-electron chi connectivity index (χ3n) is 0.619.